The summed E-state index contributed by atoms with van der Waals surface area (Å²) in [6.45, 7) is 45.1. The number of alkyl halides is 2. The van der Waals surface area contributed by atoms with Crippen LogP contribution in [0.5, 0.6) is 0 Å². The van der Waals surface area contributed by atoms with Crippen LogP contribution in [0.3, 0.4) is 0 Å². The second kappa shape index (κ2) is 27.4. The van der Waals surface area contributed by atoms with Crippen LogP contribution >= 0.6 is 31.9 Å². The first-order valence-electron chi connectivity index (χ1n) is 17.0. The fraction of sp³-hybridized carbons (Fsp3) is 0.931. The summed E-state index contributed by atoms with van der Waals surface area (Å²) >= 11 is 6.58. The van der Waals surface area contributed by atoms with Gasteiger partial charge >= 0.3 is 25.9 Å². The molecule has 0 aromatic heterocycles. The molecule has 0 aromatic carbocycles. The first-order valence-corrected chi connectivity index (χ1v) is 42.8. The van der Waals surface area contributed by atoms with Gasteiger partial charge in [0.05, 0.1) is 0 Å². The van der Waals surface area contributed by atoms with E-state index < -0.39 is 68.5 Å². The zero-order valence-corrected chi connectivity index (χ0v) is 47.7. The van der Waals surface area contributed by atoms with Crippen molar-refractivity contribution < 1.29 is 54.9 Å². The molecular weight excluding hydrogens is 1060 g/mol. The van der Waals surface area contributed by atoms with E-state index in [2.05, 4.69) is 150 Å². The number of halogens is 2. The van der Waals surface area contributed by atoms with Gasteiger partial charge in [0.15, 0.2) is 33.3 Å². The number of hydrogen-bond donors (Lipinski definition) is 0. The van der Waals surface area contributed by atoms with Crippen molar-refractivity contribution in [3.63, 3.8) is 0 Å². The summed E-state index contributed by atoms with van der Waals surface area (Å²) < 4.78 is 48.4. The van der Waals surface area contributed by atoms with Gasteiger partial charge in [-0.1, -0.05) is 37.9 Å². The normalized spacial score (nSPS) is 16.1. The van der Waals surface area contributed by atoms with Crippen LogP contribution in [0.15, 0.2) is 12.7 Å². The second-order valence-corrected chi connectivity index (χ2v) is 48.6. The van der Waals surface area contributed by atoms with E-state index in [1.165, 1.54) is 12.8 Å². The molecule has 0 amide bonds. The van der Waals surface area contributed by atoms with Crippen molar-refractivity contribution in [2.75, 3.05) is 30.5 Å². The Morgan fingerprint density at radius 2 is 1.04 bits per heavy atom. The van der Waals surface area contributed by atoms with Crippen molar-refractivity contribution in [3.05, 3.63) is 12.7 Å². The zero-order chi connectivity index (χ0) is 37.8. The standard InChI is InChI=1S/C13H35BrO4Si4.C9H28O3Si4.C4H8O.C3H5Br.Pt/c1-19(2,3)16-21(7,8)18-22(9,17-20(4,5)6)15-13-11-10-12-14;1-13(10-14(2,3)4)11-16(8,9)12-15(5,6)7;1-2-4-5-3-1;1-2-3-4;/h10-13H2,1-9H3;13H,1-9H3;1-4H2;2H,1,3H2;. The smallest absolute Gasteiger partial charge is 0.439 e. The summed E-state index contributed by atoms with van der Waals surface area (Å²) in [6.07, 6.45) is 6.47. The van der Waals surface area contributed by atoms with Crippen LogP contribution in [0.1, 0.15) is 25.7 Å². The Hall–Kier alpha value is 2.80. The molecule has 0 N–H and O–H groups in total. The van der Waals surface area contributed by atoms with Gasteiger partial charge in [-0.3, -0.25) is 0 Å². The topological polar surface area (TPSA) is 73.8 Å². The summed E-state index contributed by atoms with van der Waals surface area (Å²) in [6, 6.07) is 0. The average Bonchev–Trinajstić information content (AvgIpc) is 3.36. The van der Waals surface area contributed by atoms with Crippen LogP contribution < -0.4 is 0 Å². The van der Waals surface area contributed by atoms with Crippen molar-refractivity contribution in [1.82, 2.24) is 0 Å². The molecule has 296 valence electrons. The Morgan fingerprint density at radius 3 is 1.35 bits per heavy atom. The molecule has 0 radical (unpaired) electrons. The van der Waals surface area contributed by atoms with Crippen molar-refractivity contribution in [2.24, 2.45) is 0 Å². The average molecular weight is 1130 g/mol. The number of unbranched alkanes of at least 4 members (excludes halogenated alkanes) is 1. The van der Waals surface area contributed by atoms with Crippen LogP contribution in [0.2, 0.25) is 118 Å². The van der Waals surface area contributed by atoms with Gasteiger partial charge in [0.2, 0.25) is 0 Å². The van der Waals surface area contributed by atoms with Crippen LogP contribution in [0, 0.1) is 0 Å². The van der Waals surface area contributed by atoms with Crippen molar-refractivity contribution in [2.45, 2.75) is 144 Å². The Bertz CT molecular complexity index is 800. The Labute approximate surface area is 339 Å². The molecule has 1 rings (SSSR count). The van der Waals surface area contributed by atoms with Crippen LogP contribution in [0.4, 0.5) is 0 Å². The molecule has 0 bridgehead atoms. The van der Waals surface area contributed by atoms with E-state index in [0.717, 1.165) is 36.7 Å². The molecule has 0 aliphatic carbocycles. The van der Waals surface area contributed by atoms with Crippen LogP contribution in [-0.4, -0.2) is 99.0 Å². The van der Waals surface area contributed by atoms with Gasteiger partial charge in [-0.2, -0.15) is 0 Å². The third-order valence-electron chi connectivity index (χ3n) is 4.82. The van der Waals surface area contributed by atoms with E-state index in [1.54, 1.807) is 6.08 Å². The van der Waals surface area contributed by atoms with E-state index in [-0.39, 0.29) is 21.1 Å². The van der Waals surface area contributed by atoms with Gasteiger partial charge in [0.1, 0.15) is 0 Å². The molecule has 48 heavy (non-hydrogen) atoms. The minimum absolute atomic E-state index is 0. The predicted octanol–water partition coefficient (Wildman–Crippen LogP) is 10.8. The molecule has 19 heteroatoms. The predicted molar refractivity (Wildman–Crippen MR) is 233 cm³/mol. The summed E-state index contributed by atoms with van der Waals surface area (Å²) in [4.78, 5) is 0. The Morgan fingerprint density at radius 1 is 0.625 bits per heavy atom. The summed E-state index contributed by atoms with van der Waals surface area (Å²) in [5, 5.41) is 1.90. The van der Waals surface area contributed by atoms with Crippen molar-refractivity contribution in [3.8, 4) is 0 Å². The van der Waals surface area contributed by atoms with E-state index >= 15 is 0 Å². The molecule has 0 aromatic rings. The van der Waals surface area contributed by atoms with Gasteiger partial charge < -0.3 is 33.9 Å². The summed E-state index contributed by atoms with van der Waals surface area (Å²) in [7, 11) is -14.8. The number of ether oxygens (including phenoxy) is 1. The Balaban J connectivity index is -0.000000321. The third kappa shape index (κ3) is 45.0. The number of allylic oxidation sites excluding steroid dienone is 1. The van der Waals surface area contributed by atoms with Crippen LogP contribution in [0.25, 0.3) is 0 Å². The van der Waals surface area contributed by atoms with Gasteiger partial charge in [0.25, 0.3) is 9.28 Å². The molecule has 0 spiro atoms. The molecular formula is C29H76Br2O8PtSi8. The maximum absolute atomic E-state index is 6.43. The number of hydrogen-bond acceptors (Lipinski definition) is 8. The molecule has 1 aliphatic rings. The fourth-order valence-electron chi connectivity index (χ4n) is 4.49. The van der Waals surface area contributed by atoms with E-state index in [0.29, 0.717) is 6.61 Å². The SMILES string of the molecule is C1CCOC1.C=CCBr.C[SiH](O[Si](C)(C)C)O[Si](C)(C)O[Si](C)(C)C.C[Si](C)(C)O[Si](C)(C)O[Si](C)(OCCCCBr)O[Si](C)(C)C.[Pt]. The maximum Gasteiger partial charge on any atom is 0.478 e. The first-order chi connectivity index (χ1) is 20.9. The quantitative estimate of drug-likeness (QED) is 0.0582. The summed E-state index contributed by atoms with van der Waals surface area (Å²) in [5.41, 5.74) is 0. The van der Waals surface area contributed by atoms with Gasteiger partial charge in [0, 0.05) is 58.1 Å². The molecule has 2 atom stereocenters. The molecule has 2 unspecified atom stereocenters. The maximum atomic E-state index is 6.43. The fourth-order valence-corrected chi connectivity index (χ4v) is 35.2. The first kappa shape index (κ1) is 57.5. The van der Waals surface area contributed by atoms with Crippen LogP contribution in [-0.2, 0) is 54.9 Å². The van der Waals surface area contributed by atoms with E-state index in [1.807, 2.05) is 6.55 Å². The zero-order valence-electron chi connectivity index (χ0n) is 34.1. The Kier molecular flexibility index (Phi) is 32.8. The largest absolute Gasteiger partial charge is 0.478 e. The van der Waals surface area contributed by atoms with Gasteiger partial charge in [-0.05, 0) is 137 Å². The molecule has 0 saturated carbocycles. The van der Waals surface area contributed by atoms with E-state index in [9.17, 15) is 0 Å². The van der Waals surface area contributed by atoms with Crippen molar-refractivity contribution >= 4 is 100 Å². The molecule has 1 fully saturated rings. The second-order valence-electron chi connectivity index (χ2n) is 16.3. The van der Waals surface area contributed by atoms with Gasteiger partial charge in [-0.25, -0.2) is 0 Å². The summed E-state index contributed by atoms with van der Waals surface area (Å²) in [5.74, 6) is 0. The minimum atomic E-state index is -2.66. The van der Waals surface area contributed by atoms with E-state index in [4.69, 9.17) is 33.9 Å². The monoisotopic (exact) mass is 1130 g/mol. The molecule has 1 heterocycles. The molecule has 1 saturated heterocycles. The number of rotatable bonds is 18. The van der Waals surface area contributed by atoms with Gasteiger partial charge in [-0.15, -0.1) is 6.58 Å². The third-order valence-corrected chi connectivity index (χ3v) is 30.5. The minimum Gasteiger partial charge on any atom is -0.439 e. The molecule has 8 nitrogen and oxygen atoms in total. The molecule has 1 aliphatic heterocycles. The van der Waals surface area contributed by atoms with Crippen molar-refractivity contribution in [1.29, 1.82) is 0 Å².